The molecular weight excluding hydrogens is 340 g/mol. The van der Waals surface area contributed by atoms with E-state index >= 15 is 0 Å². The third kappa shape index (κ3) is 3.81. The van der Waals surface area contributed by atoms with E-state index < -0.39 is 0 Å². The van der Waals surface area contributed by atoms with Gasteiger partial charge in [0.1, 0.15) is 0 Å². The Labute approximate surface area is 157 Å². The number of anilines is 2. The quantitative estimate of drug-likeness (QED) is 0.728. The second kappa shape index (κ2) is 7.19. The van der Waals surface area contributed by atoms with Crippen LogP contribution in [0.1, 0.15) is 35.2 Å². The van der Waals surface area contributed by atoms with Crippen LogP contribution in [-0.2, 0) is 7.05 Å². The summed E-state index contributed by atoms with van der Waals surface area (Å²) in [5.41, 5.74) is 4.26. The number of carbonyl (C=O) groups is 1. The molecular formula is C20H22N6O. The third-order valence-corrected chi connectivity index (χ3v) is 4.79. The van der Waals surface area contributed by atoms with Crippen LogP contribution in [0.5, 0.6) is 0 Å². The van der Waals surface area contributed by atoms with Gasteiger partial charge in [-0.15, -0.1) is 0 Å². The molecule has 0 unspecified atom stereocenters. The molecule has 2 heterocycles. The van der Waals surface area contributed by atoms with Crippen molar-refractivity contribution in [3.05, 3.63) is 54.0 Å². The molecule has 7 heteroatoms. The number of rotatable bonds is 5. The molecule has 3 aromatic rings. The van der Waals surface area contributed by atoms with E-state index in [0.717, 1.165) is 35.3 Å². The molecule has 0 saturated heterocycles. The number of carbonyl (C=O) groups excluding carboxylic acids is 1. The summed E-state index contributed by atoms with van der Waals surface area (Å²) in [6.07, 6.45) is 8.73. The lowest BCUT2D eigenvalue weighted by Gasteiger charge is -2.26. The molecule has 1 aliphatic carbocycles. The van der Waals surface area contributed by atoms with Crippen molar-refractivity contribution in [2.75, 3.05) is 5.32 Å². The van der Waals surface area contributed by atoms with Crippen molar-refractivity contribution < 1.29 is 4.79 Å². The molecule has 2 N–H and O–H groups in total. The lowest BCUT2D eigenvalue weighted by molar-refractivity contribution is 0.0917. The van der Waals surface area contributed by atoms with Gasteiger partial charge in [0.2, 0.25) is 5.95 Å². The summed E-state index contributed by atoms with van der Waals surface area (Å²) in [7, 11) is 1.86. The molecule has 0 radical (unpaired) electrons. The van der Waals surface area contributed by atoms with Crippen molar-refractivity contribution in [1.82, 2.24) is 25.1 Å². The second-order valence-corrected chi connectivity index (χ2v) is 6.93. The van der Waals surface area contributed by atoms with Crippen LogP contribution in [-0.4, -0.2) is 31.7 Å². The predicted octanol–water partition coefficient (Wildman–Crippen LogP) is 3.21. The average Bonchev–Trinajstić information content (AvgIpc) is 3.04. The number of hydrogen-bond donors (Lipinski definition) is 2. The van der Waals surface area contributed by atoms with Crippen molar-refractivity contribution in [3.63, 3.8) is 0 Å². The maximum Gasteiger partial charge on any atom is 0.251 e. The maximum absolute atomic E-state index is 12.3. The van der Waals surface area contributed by atoms with Crippen molar-refractivity contribution in [3.8, 4) is 11.3 Å². The molecule has 4 rings (SSSR count). The first kappa shape index (κ1) is 17.2. The Hall–Kier alpha value is -3.22. The Morgan fingerprint density at radius 2 is 1.96 bits per heavy atom. The zero-order valence-corrected chi connectivity index (χ0v) is 15.4. The van der Waals surface area contributed by atoms with Crippen molar-refractivity contribution in [1.29, 1.82) is 0 Å². The van der Waals surface area contributed by atoms with Crippen LogP contribution in [0.4, 0.5) is 11.6 Å². The predicted molar refractivity (Wildman–Crippen MR) is 104 cm³/mol. The van der Waals surface area contributed by atoms with Gasteiger partial charge in [0.05, 0.1) is 17.6 Å². The Kier molecular flexibility index (Phi) is 4.58. The minimum absolute atomic E-state index is 0.00964. The number of aryl methyl sites for hydroxylation is 2. The van der Waals surface area contributed by atoms with E-state index in [1.54, 1.807) is 17.1 Å². The van der Waals surface area contributed by atoms with Crippen molar-refractivity contribution >= 4 is 17.5 Å². The number of nitrogens with one attached hydrogen (secondary N) is 2. The van der Waals surface area contributed by atoms with Gasteiger partial charge in [0.25, 0.3) is 5.91 Å². The maximum atomic E-state index is 12.3. The van der Waals surface area contributed by atoms with Gasteiger partial charge in [-0.1, -0.05) is 12.1 Å². The average molecular weight is 362 g/mol. The summed E-state index contributed by atoms with van der Waals surface area (Å²) >= 11 is 0. The van der Waals surface area contributed by atoms with E-state index in [1.165, 1.54) is 6.42 Å². The van der Waals surface area contributed by atoms with E-state index in [0.29, 0.717) is 17.6 Å². The Balaban J connectivity index is 1.53. The molecule has 1 fully saturated rings. The fourth-order valence-electron chi connectivity index (χ4n) is 3.01. The number of hydrogen-bond acceptors (Lipinski definition) is 5. The first-order valence-electron chi connectivity index (χ1n) is 9.09. The van der Waals surface area contributed by atoms with Crippen LogP contribution in [0.3, 0.4) is 0 Å². The van der Waals surface area contributed by atoms with Gasteiger partial charge in [0, 0.05) is 36.6 Å². The van der Waals surface area contributed by atoms with Gasteiger partial charge in [-0.25, -0.2) is 9.97 Å². The van der Waals surface area contributed by atoms with E-state index in [4.69, 9.17) is 0 Å². The highest BCUT2D eigenvalue weighted by molar-refractivity contribution is 5.94. The standard InChI is InChI=1S/C20H22N6O/c1-13-10-21-20(24-17-11-22-26(2)12-17)25-18(13)14-6-8-15(9-7-14)19(27)23-16-4-3-5-16/h6-12,16H,3-5H2,1-2H3,(H,23,27)(H,21,24,25). The molecule has 0 aliphatic heterocycles. The molecule has 1 aliphatic rings. The Bertz CT molecular complexity index is 959. The summed E-state index contributed by atoms with van der Waals surface area (Å²) in [6, 6.07) is 7.89. The second-order valence-electron chi connectivity index (χ2n) is 6.93. The fourth-order valence-corrected chi connectivity index (χ4v) is 3.01. The molecule has 27 heavy (non-hydrogen) atoms. The van der Waals surface area contributed by atoms with Crippen LogP contribution >= 0.6 is 0 Å². The fraction of sp³-hybridized carbons (Fsp3) is 0.300. The minimum Gasteiger partial charge on any atom is -0.349 e. The first-order chi connectivity index (χ1) is 13.1. The minimum atomic E-state index is -0.00964. The highest BCUT2D eigenvalue weighted by atomic mass is 16.1. The molecule has 1 aromatic carbocycles. The van der Waals surface area contributed by atoms with Gasteiger partial charge in [-0.05, 0) is 43.9 Å². The molecule has 0 bridgehead atoms. The van der Waals surface area contributed by atoms with Crippen LogP contribution in [0.15, 0.2) is 42.9 Å². The van der Waals surface area contributed by atoms with E-state index in [1.807, 2.05) is 44.4 Å². The van der Waals surface area contributed by atoms with Crippen molar-refractivity contribution in [2.45, 2.75) is 32.2 Å². The SMILES string of the molecule is Cc1cnc(Nc2cnn(C)c2)nc1-c1ccc(C(=O)NC2CCC2)cc1. The summed E-state index contributed by atoms with van der Waals surface area (Å²) in [5, 5.41) is 10.3. The summed E-state index contributed by atoms with van der Waals surface area (Å²) < 4.78 is 1.71. The van der Waals surface area contributed by atoms with Crippen LogP contribution in [0.2, 0.25) is 0 Å². The smallest absolute Gasteiger partial charge is 0.251 e. The van der Waals surface area contributed by atoms with Crippen LogP contribution in [0, 0.1) is 6.92 Å². The van der Waals surface area contributed by atoms with Crippen LogP contribution in [0.25, 0.3) is 11.3 Å². The molecule has 7 nitrogen and oxygen atoms in total. The monoisotopic (exact) mass is 362 g/mol. The molecule has 2 aromatic heterocycles. The zero-order chi connectivity index (χ0) is 18.8. The van der Waals surface area contributed by atoms with E-state index in [9.17, 15) is 4.79 Å². The summed E-state index contributed by atoms with van der Waals surface area (Å²) in [5.74, 6) is 0.500. The first-order valence-corrected chi connectivity index (χ1v) is 9.09. The molecule has 138 valence electrons. The highest BCUT2D eigenvalue weighted by Crippen LogP contribution is 2.24. The molecule has 0 spiro atoms. The van der Waals surface area contributed by atoms with Gasteiger partial charge in [0.15, 0.2) is 0 Å². The topological polar surface area (TPSA) is 84.7 Å². The summed E-state index contributed by atoms with van der Waals surface area (Å²) in [6.45, 7) is 1.97. The van der Waals surface area contributed by atoms with Gasteiger partial charge < -0.3 is 10.6 Å². The number of benzene rings is 1. The molecule has 1 saturated carbocycles. The highest BCUT2D eigenvalue weighted by Gasteiger charge is 2.20. The number of nitrogens with zero attached hydrogens (tertiary/aromatic N) is 4. The Morgan fingerprint density at radius 1 is 1.19 bits per heavy atom. The lowest BCUT2D eigenvalue weighted by Crippen LogP contribution is -2.39. The lowest BCUT2D eigenvalue weighted by atomic mass is 9.93. The van der Waals surface area contributed by atoms with Gasteiger partial charge >= 0.3 is 0 Å². The third-order valence-electron chi connectivity index (χ3n) is 4.79. The normalized spacial score (nSPS) is 13.9. The van der Waals surface area contributed by atoms with Crippen LogP contribution < -0.4 is 10.6 Å². The molecule has 1 amide bonds. The van der Waals surface area contributed by atoms with Gasteiger partial charge in [-0.2, -0.15) is 5.10 Å². The van der Waals surface area contributed by atoms with E-state index in [2.05, 4.69) is 25.7 Å². The largest absolute Gasteiger partial charge is 0.349 e. The van der Waals surface area contributed by atoms with Gasteiger partial charge in [-0.3, -0.25) is 9.48 Å². The molecule has 0 atom stereocenters. The Morgan fingerprint density at radius 3 is 2.59 bits per heavy atom. The number of aromatic nitrogens is 4. The van der Waals surface area contributed by atoms with Crippen molar-refractivity contribution in [2.24, 2.45) is 7.05 Å². The zero-order valence-electron chi connectivity index (χ0n) is 15.4. The number of amides is 1. The van der Waals surface area contributed by atoms with E-state index in [-0.39, 0.29) is 5.91 Å². The summed E-state index contributed by atoms with van der Waals surface area (Å²) in [4.78, 5) is 21.2.